The first kappa shape index (κ1) is 13.1. The molecule has 3 aromatic rings. The van der Waals surface area contributed by atoms with Gasteiger partial charge < -0.3 is 5.32 Å². The minimum atomic E-state index is -0.00280. The van der Waals surface area contributed by atoms with Crippen LogP contribution in [0.2, 0.25) is 0 Å². The molecule has 2 heterocycles. The van der Waals surface area contributed by atoms with Gasteiger partial charge in [0.1, 0.15) is 5.82 Å². The second-order valence-corrected chi connectivity index (χ2v) is 6.88. The Bertz CT molecular complexity index is 724. The minimum Gasteiger partial charge on any atom is -0.365 e. The van der Waals surface area contributed by atoms with Gasteiger partial charge in [0.25, 0.3) is 0 Å². The van der Waals surface area contributed by atoms with Gasteiger partial charge in [0.15, 0.2) is 0 Å². The largest absolute Gasteiger partial charge is 0.365 e. The summed E-state index contributed by atoms with van der Waals surface area (Å²) in [6.07, 6.45) is 0. The lowest BCUT2D eigenvalue weighted by atomic mass is 10.1. The quantitative estimate of drug-likeness (QED) is 0.701. The summed E-state index contributed by atoms with van der Waals surface area (Å²) in [5.74, 6) is 0.968. The molecule has 102 valence electrons. The number of hydrogen-bond donors (Lipinski definition) is 1. The molecule has 0 unspecified atom stereocenters. The summed E-state index contributed by atoms with van der Waals surface area (Å²) in [5.41, 5.74) is 2.17. The maximum atomic E-state index is 4.82. The van der Waals surface area contributed by atoms with Crippen molar-refractivity contribution in [1.82, 2.24) is 4.98 Å². The highest BCUT2D eigenvalue weighted by molar-refractivity contribution is 7.17. The Balaban J connectivity index is 2.16. The number of thiophene rings is 1. The van der Waals surface area contributed by atoms with Crippen molar-refractivity contribution in [2.45, 2.75) is 26.3 Å². The molecular weight excluding hydrogens is 264 g/mol. The van der Waals surface area contributed by atoms with E-state index in [0.717, 1.165) is 17.1 Å². The van der Waals surface area contributed by atoms with Crippen molar-refractivity contribution < 1.29 is 0 Å². The molecule has 1 N–H and O–H groups in total. The van der Waals surface area contributed by atoms with E-state index in [1.165, 1.54) is 10.1 Å². The molecule has 0 radical (unpaired) electrons. The van der Waals surface area contributed by atoms with Crippen molar-refractivity contribution in [3.8, 4) is 11.3 Å². The first-order chi connectivity index (χ1) is 9.53. The van der Waals surface area contributed by atoms with E-state index in [0.29, 0.717) is 0 Å². The maximum absolute atomic E-state index is 4.82. The summed E-state index contributed by atoms with van der Waals surface area (Å²) < 4.78 is 1.27. The Labute approximate surface area is 123 Å². The molecule has 0 amide bonds. The van der Waals surface area contributed by atoms with Gasteiger partial charge in [-0.15, -0.1) is 11.3 Å². The number of nitrogens with one attached hydrogen (secondary N) is 1. The number of aromatic nitrogens is 1. The van der Waals surface area contributed by atoms with Gasteiger partial charge in [-0.25, -0.2) is 4.98 Å². The molecule has 3 heteroatoms. The second kappa shape index (κ2) is 4.91. The molecule has 0 bridgehead atoms. The molecule has 1 aromatic carbocycles. The Morgan fingerprint density at radius 1 is 1.05 bits per heavy atom. The third-order valence-corrected chi connectivity index (χ3v) is 3.88. The monoisotopic (exact) mass is 282 g/mol. The molecule has 0 aliphatic rings. The molecular formula is C17H18N2S. The zero-order chi connectivity index (χ0) is 14.2. The summed E-state index contributed by atoms with van der Waals surface area (Å²) in [6, 6.07) is 14.6. The summed E-state index contributed by atoms with van der Waals surface area (Å²) in [7, 11) is 0. The second-order valence-electron chi connectivity index (χ2n) is 5.93. The van der Waals surface area contributed by atoms with Crippen molar-refractivity contribution >= 4 is 27.2 Å². The summed E-state index contributed by atoms with van der Waals surface area (Å²) in [6.45, 7) is 6.46. The Hall–Kier alpha value is -1.87. The molecule has 0 saturated heterocycles. The van der Waals surface area contributed by atoms with E-state index in [-0.39, 0.29) is 5.54 Å². The van der Waals surface area contributed by atoms with E-state index < -0.39 is 0 Å². The highest BCUT2D eigenvalue weighted by atomic mass is 32.1. The lowest BCUT2D eigenvalue weighted by Gasteiger charge is -2.22. The molecule has 20 heavy (non-hydrogen) atoms. The topological polar surface area (TPSA) is 24.9 Å². The van der Waals surface area contributed by atoms with Crippen molar-refractivity contribution in [3.05, 3.63) is 47.8 Å². The highest BCUT2D eigenvalue weighted by Gasteiger charge is 2.14. The first-order valence-electron chi connectivity index (χ1n) is 6.75. The molecule has 0 aliphatic heterocycles. The van der Waals surface area contributed by atoms with Crippen LogP contribution in [0.4, 0.5) is 5.82 Å². The number of anilines is 1. The van der Waals surface area contributed by atoms with Crippen molar-refractivity contribution in [2.75, 3.05) is 5.32 Å². The van der Waals surface area contributed by atoms with Gasteiger partial charge in [0.05, 0.1) is 5.69 Å². The SMILES string of the molecule is CC(C)(C)Nc1nc(-c2ccccc2)cc2sccc12. The van der Waals surface area contributed by atoms with Gasteiger partial charge in [-0.05, 0) is 38.3 Å². The average molecular weight is 282 g/mol. The molecule has 2 nitrogen and oxygen atoms in total. The number of nitrogens with zero attached hydrogens (tertiary/aromatic N) is 1. The van der Waals surface area contributed by atoms with Crippen LogP contribution in [0.3, 0.4) is 0 Å². The lowest BCUT2D eigenvalue weighted by Crippen LogP contribution is -2.26. The van der Waals surface area contributed by atoms with Crippen LogP contribution in [0.5, 0.6) is 0 Å². The fourth-order valence-corrected chi connectivity index (χ4v) is 2.99. The van der Waals surface area contributed by atoms with Crippen molar-refractivity contribution in [2.24, 2.45) is 0 Å². The summed E-state index contributed by atoms with van der Waals surface area (Å²) >= 11 is 1.76. The lowest BCUT2D eigenvalue weighted by molar-refractivity contribution is 0.632. The summed E-state index contributed by atoms with van der Waals surface area (Å²) in [5, 5.41) is 6.83. The Morgan fingerprint density at radius 3 is 2.50 bits per heavy atom. The van der Waals surface area contributed by atoms with Gasteiger partial charge in [0, 0.05) is 21.2 Å². The van der Waals surface area contributed by atoms with Gasteiger partial charge in [0.2, 0.25) is 0 Å². The van der Waals surface area contributed by atoms with E-state index >= 15 is 0 Å². The molecule has 3 rings (SSSR count). The van der Waals surface area contributed by atoms with Crippen LogP contribution in [0.15, 0.2) is 47.8 Å². The zero-order valence-electron chi connectivity index (χ0n) is 12.0. The standard InChI is InChI=1S/C17H18N2S/c1-17(2,3)19-16-13-9-10-20-15(13)11-14(18-16)12-7-5-4-6-8-12/h4-11H,1-3H3,(H,18,19). The molecule has 0 saturated carbocycles. The minimum absolute atomic E-state index is 0.00280. The third kappa shape index (κ3) is 2.68. The Morgan fingerprint density at radius 2 is 1.80 bits per heavy atom. The van der Waals surface area contributed by atoms with E-state index in [4.69, 9.17) is 4.98 Å². The molecule has 0 spiro atoms. The molecule has 2 aromatic heterocycles. The predicted octanol–water partition coefficient (Wildman–Crippen LogP) is 5.17. The van der Waals surface area contributed by atoms with Crippen LogP contribution < -0.4 is 5.32 Å². The molecule has 0 aliphatic carbocycles. The van der Waals surface area contributed by atoms with Gasteiger partial charge in [-0.1, -0.05) is 30.3 Å². The fourth-order valence-electron chi connectivity index (χ4n) is 2.17. The van der Waals surface area contributed by atoms with E-state index in [2.05, 4.69) is 55.7 Å². The van der Waals surface area contributed by atoms with Crippen LogP contribution in [0, 0.1) is 0 Å². The van der Waals surface area contributed by atoms with Crippen LogP contribution in [-0.4, -0.2) is 10.5 Å². The van der Waals surface area contributed by atoms with Gasteiger partial charge >= 0.3 is 0 Å². The summed E-state index contributed by atoms with van der Waals surface area (Å²) in [4.78, 5) is 4.82. The van der Waals surface area contributed by atoms with Crippen LogP contribution >= 0.6 is 11.3 Å². The van der Waals surface area contributed by atoms with E-state index in [1.807, 2.05) is 18.2 Å². The fraction of sp³-hybridized carbons (Fsp3) is 0.235. The van der Waals surface area contributed by atoms with E-state index in [9.17, 15) is 0 Å². The predicted molar refractivity (Wildman–Crippen MR) is 88.4 cm³/mol. The number of fused-ring (bicyclic) bond motifs is 1. The normalized spacial score (nSPS) is 11.8. The van der Waals surface area contributed by atoms with Gasteiger partial charge in [-0.2, -0.15) is 0 Å². The van der Waals surface area contributed by atoms with Gasteiger partial charge in [-0.3, -0.25) is 0 Å². The number of pyridine rings is 1. The third-order valence-electron chi connectivity index (χ3n) is 3.01. The maximum Gasteiger partial charge on any atom is 0.135 e. The number of rotatable bonds is 2. The first-order valence-corrected chi connectivity index (χ1v) is 7.63. The number of benzene rings is 1. The zero-order valence-corrected chi connectivity index (χ0v) is 12.8. The van der Waals surface area contributed by atoms with Crippen LogP contribution in [-0.2, 0) is 0 Å². The van der Waals surface area contributed by atoms with E-state index in [1.54, 1.807) is 11.3 Å². The molecule has 0 atom stereocenters. The number of hydrogen-bond acceptors (Lipinski definition) is 3. The molecule has 0 fully saturated rings. The smallest absolute Gasteiger partial charge is 0.135 e. The van der Waals surface area contributed by atoms with Crippen molar-refractivity contribution in [1.29, 1.82) is 0 Å². The highest BCUT2D eigenvalue weighted by Crippen LogP contribution is 2.32. The van der Waals surface area contributed by atoms with Crippen molar-refractivity contribution in [3.63, 3.8) is 0 Å². The average Bonchev–Trinajstić information content (AvgIpc) is 2.86. The Kier molecular flexibility index (Phi) is 3.22. The van der Waals surface area contributed by atoms with Crippen LogP contribution in [0.1, 0.15) is 20.8 Å². The van der Waals surface area contributed by atoms with Crippen LogP contribution in [0.25, 0.3) is 21.3 Å².